The summed E-state index contributed by atoms with van der Waals surface area (Å²) in [7, 11) is 0. The van der Waals surface area contributed by atoms with Crippen molar-refractivity contribution in [2.24, 2.45) is 0 Å². The smallest absolute Gasteiger partial charge is 0.273 e. The molecule has 2 N–H and O–H groups in total. The number of nitrogens with one attached hydrogen (secondary N) is 2. The zero-order valence-corrected chi connectivity index (χ0v) is 9.88. The molecule has 0 atom stereocenters. The number of hydrogen-bond acceptors (Lipinski definition) is 2. The van der Waals surface area contributed by atoms with Crippen LogP contribution >= 0.6 is 15.9 Å². The number of imidazole rings is 1. The molecule has 0 aliphatic heterocycles. The van der Waals surface area contributed by atoms with Crippen molar-refractivity contribution in [3.8, 4) is 0 Å². The lowest BCUT2D eigenvalue weighted by Gasteiger charge is -2.06. The predicted molar refractivity (Wildman–Crippen MR) is 60.6 cm³/mol. The number of carbonyl (C=O) groups is 1. The Hall–Kier alpha value is -1.76. The van der Waals surface area contributed by atoms with Gasteiger partial charge in [0.2, 0.25) is 0 Å². The molecule has 0 aliphatic carbocycles. The summed E-state index contributed by atoms with van der Waals surface area (Å²) in [6.07, 6.45) is 2.62. The van der Waals surface area contributed by atoms with Crippen LogP contribution in [0.5, 0.6) is 0 Å². The van der Waals surface area contributed by atoms with Gasteiger partial charge in [0.1, 0.15) is 17.3 Å². The van der Waals surface area contributed by atoms with Crippen molar-refractivity contribution in [2.45, 2.75) is 0 Å². The number of rotatable bonds is 2. The number of benzene rings is 1. The Morgan fingerprint density at radius 1 is 1.35 bits per heavy atom. The molecule has 0 unspecified atom stereocenters. The van der Waals surface area contributed by atoms with E-state index in [0.717, 1.165) is 6.07 Å². The molecule has 0 saturated carbocycles. The lowest BCUT2D eigenvalue weighted by molar-refractivity contribution is 0.102. The second-order valence-electron chi connectivity index (χ2n) is 3.17. The van der Waals surface area contributed by atoms with Crippen molar-refractivity contribution < 1.29 is 13.6 Å². The Labute approximate surface area is 103 Å². The number of anilines is 1. The first-order chi connectivity index (χ1) is 8.08. The van der Waals surface area contributed by atoms with E-state index in [1.807, 2.05) is 0 Å². The van der Waals surface area contributed by atoms with Gasteiger partial charge in [-0.1, -0.05) is 0 Å². The molecule has 7 heteroatoms. The van der Waals surface area contributed by atoms with Crippen molar-refractivity contribution in [3.05, 3.63) is 46.5 Å². The molecule has 0 aliphatic rings. The van der Waals surface area contributed by atoms with Gasteiger partial charge in [0.15, 0.2) is 0 Å². The number of nitrogens with zero attached hydrogens (tertiary/aromatic N) is 1. The zero-order valence-electron chi connectivity index (χ0n) is 8.30. The van der Waals surface area contributed by atoms with E-state index in [1.54, 1.807) is 0 Å². The molecule has 4 nitrogen and oxygen atoms in total. The van der Waals surface area contributed by atoms with Gasteiger partial charge in [0.05, 0.1) is 22.7 Å². The Morgan fingerprint density at radius 2 is 2.12 bits per heavy atom. The molecule has 0 saturated heterocycles. The summed E-state index contributed by atoms with van der Waals surface area (Å²) in [5, 5.41) is 2.30. The summed E-state index contributed by atoms with van der Waals surface area (Å²) in [5.41, 5.74) is 0.0720. The van der Waals surface area contributed by atoms with Gasteiger partial charge in [-0.3, -0.25) is 4.79 Å². The van der Waals surface area contributed by atoms with E-state index in [4.69, 9.17) is 0 Å². The van der Waals surface area contributed by atoms with Gasteiger partial charge >= 0.3 is 0 Å². The molecule has 1 aromatic carbocycles. The number of carbonyl (C=O) groups excluding carboxylic acids is 1. The van der Waals surface area contributed by atoms with Crippen LogP contribution in [0, 0.1) is 11.6 Å². The Bertz CT molecular complexity index is 557. The highest BCUT2D eigenvalue weighted by Crippen LogP contribution is 2.23. The highest BCUT2D eigenvalue weighted by atomic mass is 79.9. The topological polar surface area (TPSA) is 57.8 Å². The average Bonchev–Trinajstić information content (AvgIpc) is 2.79. The van der Waals surface area contributed by atoms with Gasteiger partial charge in [-0.05, 0) is 22.0 Å². The number of aromatic nitrogens is 2. The Morgan fingerprint density at radius 3 is 2.76 bits per heavy atom. The normalized spacial score (nSPS) is 10.3. The molecule has 2 aromatic rings. The standard InChI is InChI=1S/C10H6BrF2N3O/c11-5-1-8(7(13)2-6(5)12)16-10(17)9-3-14-4-15-9/h1-4H,(H,14,15)(H,16,17). The molecule has 0 fully saturated rings. The molecule has 0 radical (unpaired) electrons. The average molecular weight is 302 g/mol. The van der Waals surface area contributed by atoms with E-state index in [9.17, 15) is 13.6 Å². The largest absolute Gasteiger partial charge is 0.341 e. The van der Waals surface area contributed by atoms with Crippen molar-refractivity contribution in [1.82, 2.24) is 9.97 Å². The fraction of sp³-hybridized carbons (Fsp3) is 0. The number of aromatic amines is 1. The van der Waals surface area contributed by atoms with Gasteiger partial charge in [-0.15, -0.1) is 0 Å². The summed E-state index contributed by atoms with van der Waals surface area (Å²) < 4.78 is 26.4. The van der Waals surface area contributed by atoms with Crippen LogP contribution in [0.4, 0.5) is 14.5 Å². The van der Waals surface area contributed by atoms with E-state index in [2.05, 4.69) is 31.2 Å². The third-order valence-electron chi connectivity index (χ3n) is 2.00. The summed E-state index contributed by atoms with van der Waals surface area (Å²) >= 11 is 2.91. The van der Waals surface area contributed by atoms with Crippen LogP contribution in [-0.2, 0) is 0 Å². The third-order valence-corrected chi connectivity index (χ3v) is 2.61. The van der Waals surface area contributed by atoms with Crippen LogP contribution in [0.25, 0.3) is 0 Å². The first-order valence-corrected chi connectivity index (χ1v) is 5.31. The lowest BCUT2D eigenvalue weighted by Crippen LogP contribution is -2.13. The second-order valence-corrected chi connectivity index (χ2v) is 4.02. The first kappa shape index (κ1) is 11.7. The van der Waals surface area contributed by atoms with E-state index < -0.39 is 17.5 Å². The van der Waals surface area contributed by atoms with Crippen LogP contribution in [0.2, 0.25) is 0 Å². The van der Waals surface area contributed by atoms with Crippen molar-refractivity contribution in [3.63, 3.8) is 0 Å². The molecule has 0 spiro atoms. The molecular weight excluding hydrogens is 296 g/mol. The van der Waals surface area contributed by atoms with Gasteiger partial charge < -0.3 is 10.3 Å². The predicted octanol–water partition coefficient (Wildman–Crippen LogP) is 2.70. The molecule has 2 rings (SSSR count). The molecule has 0 bridgehead atoms. The summed E-state index contributed by atoms with van der Waals surface area (Å²) in [5.74, 6) is -2.14. The number of amides is 1. The maximum absolute atomic E-state index is 13.3. The molecule has 88 valence electrons. The summed E-state index contributed by atoms with van der Waals surface area (Å²) in [6, 6.07) is 1.84. The van der Waals surface area contributed by atoms with Crippen molar-refractivity contribution in [2.75, 3.05) is 5.32 Å². The molecule has 1 heterocycles. The van der Waals surface area contributed by atoms with E-state index in [1.165, 1.54) is 12.5 Å². The third kappa shape index (κ3) is 2.50. The van der Waals surface area contributed by atoms with Crippen LogP contribution in [0.1, 0.15) is 10.5 Å². The first-order valence-electron chi connectivity index (χ1n) is 4.52. The van der Waals surface area contributed by atoms with E-state index in [-0.39, 0.29) is 15.9 Å². The minimum Gasteiger partial charge on any atom is -0.341 e. The highest BCUT2D eigenvalue weighted by molar-refractivity contribution is 9.10. The minimum atomic E-state index is -0.849. The fourth-order valence-electron chi connectivity index (χ4n) is 1.19. The number of H-pyrrole nitrogens is 1. The lowest BCUT2D eigenvalue weighted by atomic mass is 10.3. The van der Waals surface area contributed by atoms with E-state index >= 15 is 0 Å². The van der Waals surface area contributed by atoms with Crippen LogP contribution in [0.15, 0.2) is 29.1 Å². The molecule has 1 amide bonds. The van der Waals surface area contributed by atoms with Crippen molar-refractivity contribution in [1.29, 1.82) is 0 Å². The minimum absolute atomic E-state index is 0.0683. The molecule has 1 aromatic heterocycles. The Kier molecular flexibility index (Phi) is 3.19. The van der Waals surface area contributed by atoms with Gasteiger partial charge in [-0.2, -0.15) is 0 Å². The van der Waals surface area contributed by atoms with E-state index in [0.29, 0.717) is 6.07 Å². The van der Waals surface area contributed by atoms with Gasteiger partial charge in [-0.25, -0.2) is 13.8 Å². The van der Waals surface area contributed by atoms with Crippen molar-refractivity contribution >= 4 is 27.5 Å². The maximum Gasteiger partial charge on any atom is 0.273 e. The summed E-state index contributed by atoms with van der Waals surface area (Å²) in [4.78, 5) is 17.8. The summed E-state index contributed by atoms with van der Waals surface area (Å²) in [6.45, 7) is 0. The van der Waals surface area contributed by atoms with Crippen LogP contribution in [-0.4, -0.2) is 15.9 Å². The molecule has 17 heavy (non-hydrogen) atoms. The quantitative estimate of drug-likeness (QED) is 0.838. The SMILES string of the molecule is O=C(Nc1cc(Br)c(F)cc1F)c1cnc[nH]1. The maximum atomic E-state index is 13.3. The zero-order chi connectivity index (χ0) is 12.4. The van der Waals surface area contributed by atoms with Crippen LogP contribution in [0.3, 0.4) is 0 Å². The number of halogens is 3. The highest BCUT2D eigenvalue weighted by Gasteiger charge is 2.12. The number of hydrogen-bond donors (Lipinski definition) is 2. The second kappa shape index (κ2) is 4.62. The molecular formula is C10H6BrF2N3O. The Balaban J connectivity index is 2.25. The van der Waals surface area contributed by atoms with Gasteiger partial charge in [0, 0.05) is 6.07 Å². The fourth-order valence-corrected chi connectivity index (χ4v) is 1.53. The van der Waals surface area contributed by atoms with Crippen LogP contribution < -0.4 is 5.32 Å². The van der Waals surface area contributed by atoms with Gasteiger partial charge in [0.25, 0.3) is 5.91 Å². The monoisotopic (exact) mass is 301 g/mol.